The van der Waals surface area contributed by atoms with E-state index in [9.17, 15) is 0 Å². The summed E-state index contributed by atoms with van der Waals surface area (Å²) in [4.78, 5) is 0. The number of hydrogen-bond acceptors (Lipinski definition) is 2. The molecule has 0 saturated heterocycles. The molecule has 0 atom stereocenters. The Labute approximate surface area is 116 Å². The molecular weight excluding hydrogens is 269 g/mol. The molecule has 1 N–H and O–H groups in total. The largest absolute Gasteiger partial charge is 0.497 e. The Morgan fingerprint density at radius 2 is 1.72 bits per heavy atom. The highest BCUT2D eigenvalue weighted by atomic mass is 35.5. The zero-order valence-electron chi connectivity index (χ0n) is 9.91. The van der Waals surface area contributed by atoms with Gasteiger partial charge in [0.25, 0.3) is 0 Å². The standard InChI is InChI=1S/C14H13Cl2NO/c1-18-12-5-3-11(4-6-12)17-9-10-2-7-13(15)14(16)8-10/h2-8,17H,9H2,1H3. The van der Waals surface area contributed by atoms with Crippen molar-refractivity contribution < 1.29 is 4.74 Å². The Morgan fingerprint density at radius 1 is 1.00 bits per heavy atom. The normalized spacial score (nSPS) is 10.2. The second-order valence-electron chi connectivity index (χ2n) is 3.83. The third kappa shape index (κ3) is 3.31. The van der Waals surface area contributed by atoms with E-state index in [-0.39, 0.29) is 0 Å². The number of halogens is 2. The van der Waals surface area contributed by atoms with Crippen LogP contribution in [0.5, 0.6) is 5.75 Å². The van der Waals surface area contributed by atoms with Crippen molar-refractivity contribution in [1.82, 2.24) is 0 Å². The Hall–Kier alpha value is -1.38. The topological polar surface area (TPSA) is 21.3 Å². The van der Waals surface area contributed by atoms with Crippen molar-refractivity contribution in [1.29, 1.82) is 0 Å². The Morgan fingerprint density at radius 3 is 2.33 bits per heavy atom. The summed E-state index contributed by atoms with van der Waals surface area (Å²) in [5.74, 6) is 0.843. The molecule has 0 aromatic heterocycles. The number of anilines is 1. The summed E-state index contributed by atoms with van der Waals surface area (Å²) in [5, 5.41) is 4.45. The van der Waals surface area contributed by atoms with Gasteiger partial charge in [0.15, 0.2) is 0 Å². The summed E-state index contributed by atoms with van der Waals surface area (Å²) in [7, 11) is 1.65. The number of rotatable bonds is 4. The van der Waals surface area contributed by atoms with Gasteiger partial charge in [-0.15, -0.1) is 0 Å². The first-order valence-corrected chi connectivity index (χ1v) is 6.26. The van der Waals surface area contributed by atoms with Gasteiger partial charge in [0, 0.05) is 12.2 Å². The van der Waals surface area contributed by atoms with Crippen LogP contribution in [-0.2, 0) is 6.54 Å². The molecule has 0 bridgehead atoms. The summed E-state index contributed by atoms with van der Waals surface area (Å²) >= 11 is 11.8. The molecule has 2 nitrogen and oxygen atoms in total. The maximum atomic E-state index is 5.96. The van der Waals surface area contributed by atoms with Crippen molar-refractivity contribution in [3.8, 4) is 5.75 Å². The van der Waals surface area contributed by atoms with E-state index in [1.54, 1.807) is 13.2 Å². The van der Waals surface area contributed by atoms with Gasteiger partial charge in [-0.05, 0) is 42.0 Å². The number of nitrogens with one attached hydrogen (secondary N) is 1. The maximum absolute atomic E-state index is 5.96. The van der Waals surface area contributed by atoms with Crippen molar-refractivity contribution in [2.45, 2.75) is 6.54 Å². The first-order valence-electron chi connectivity index (χ1n) is 5.51. The summed E-state index contributed by atoms with van der Waals surface area (Å²) < 4.78 is 5.10. The molecule has 0 heterocycles. The fourth-order valence-corrected chi connectivity index (χ4v) is 1.88. The van der Waals surface area contributed by atoms with Gasteiger partial charge in [0.2, 0.25) is 0 Å². The smallest absolute Gasteiger partial charge is 0.119 e. The summed E-state index contributed by atoms with van der Waals surface area (Å²) in [6.07, 6.45) is 0. The first kappa shape index (κ1) is 13.1. The first-order chi connectivity index (χ1) is 8.69. The highest BCUT2D eigenvalue weighted by Gasteiger charge is 2.00. The molecule has 94 valence electrons. The van der Waals surface area contributed by atoms with Crippen molar-refractivity contribution in [3.05, 3.63) is 58.1 Å². The van der Waals surface area contributed by atoms with Crippen LogP contribution in [0, 0.1) is 0 Å². The van der Waals surface area contributed by atoms with E-state index in [2.05, 4.69) is 5.32 Å². The Balaban J connectivity index is 1.99. The van der Waals surface area contributed by atoms with Crippen LogP contribution in [0.25, 0.3) is 0 Å². The Kier molecular flexibility index (Phi) is 4.34. The SMILES string of the molecule is COc1ccc(NCc2ccc(Cl)c(Cl)c2)cc1. The van der Waals surface area contributed by atoms with Crippen molar-refractivity contribution in [2.24, 2.45) is 0 Å². The van der Waals surface area contributed by atoms with Gasteiger partial charge in [0.1, 0.15) is 5.75 Å². The number of methoxy groups -OCH3 is 1. The minimum atomic E-state index is 0.574. The number of hydrogen-bond donors (Lipinski definition) is 1. The van der Waals surface area contributed by atoms with Gasteiger partial charge in [-0.25, -0.2) is 0 Å². The summed E-state index contributed by atoms with van der Waals surface area (Å²) in [6.45, 7) is 0.698. The van der Waals surface area contributed by atoms with E-state index >= 15 is 0 Å². The van der Waals surface area contributed by atoms with Crippen molar-refractivity contribution in [2.75, 3.05) is 12.4 Å². The molecule has 0 saturated carbocycles. The molecule has 0 radical (unpaired) electrons. The average Bonchev–Trinajstić information content (AvgIpc) is 2.41. The minimum Gasteiger partial charge on any atom is -0.497 e. The summed E-state index contributed by atoms with van der Waals surface area (Å²) in [6, 6.07) is 13.4. The summed E-state index contributed by atoms with van der Waals surface area (Å²) in [5.41, 5.74) is 2.11. The van der Waals surface area contributed by atoms with Crippen LogP contribution in [0.1, 0.15) is 5.56 Å². The molecule has 0 fully saturated rings. The van der Waals surface area contributed by atoms with Crippen LogP contribution >= 0.6 is 23.2 Å². The van der Waals surface area contributed by atoms with Gasteiger partial charge in [0.05, 0.1) is 17.2 Å². The number of benzene rings is 2. The molecule has 18 heavy (non-hydrogen) atoms. The molecule has 0 unspecified atom stereocenters. The van der Waals surface area contributed by atoms with E-state index in [4.69, 9.17) is 27.9 Å². The van der Waals surface area contributed by atoms with Gasteiger partial charge < -0.3 is 10.1 Å². The van der Waals surface area contributed by atoms with Crippen molar-refractivity contribution in [3.63, 3.8) is 0 Å². The average molecular weight is 282 g/mol. The van der Waals surface area contributed by atoms with Crippen LogP contribution < -0.4 is 10.1 Å². The van der Waals surface area contributed by atoms with Crippen LogP contribution in [0.15, 0.2) is 42.5 Å². The van der Waals surface area contributed by atoms with Crippen LogP contribution in [0.3, 0.4) is 0 Å². The molecular formula is C14H13Cl2NO. The predicted octanol–water partition coefficient (Wildman–Crippen LogP) is 4.61. The second kappa shape index (κ2) is 5.98. The highest BCUT2D eigenvalue weighted by Crippen LogP contribution is 2.23. The van der Waals surface area contributed by atoms with E-state index in [1.165, 1.54) is 0 Å². The lowest BCUT2D eigenvalue weighted by atomic mass is 10.2. The van der Waals surface area contributed by atoms with Crippen LogP contribution in [0.2, 0.25) is 10.0 Å². The Bertz CT molecular complexity index is 526. The van der Waals surface area contributed by atoms with E-state index in [0.29, 0.717) is 16.6 Å². The second-order valence-corrected chi connectivity index (χ2v) is 4.64. The van der Waals surface area contributed by atoms with Gasteiger partial charge in [-0.2, -0.15) is 0 Å². The zero-order chi connectivity index (χ0) is 13.0. The third-order valence-electron chi connectivity index (χ3n) is 2.57. The monoisotopic (exact) mass is 281 g/mol. The third-order valence-corrected chi connectivity index (χ3v) is 3.31. The molecule has 2 aromatic carbocycles. The predicted molar refractivity (Wildman–Crippen MR) is 76.8 cm³/mol. The van der Waals surface area contributed by atoms with Gasteiger partial charge >= 0.3 is 0 Å². The lowest BCUT2D eigenvalue weighted by Crippen LogP contribution is -1.99. The van der Waals surface area contributed by atoms with Crippen LogP contribution in [0.4, 0.5) is 5.69 Å². The zero-order valence-corrected chi connectivity index (χ0v) is 11.4. The van der Waals surface area contributed by atoms with Crippen molar-refractivity contribution >= 4 is 28.9 Å². The van der Waals surface area contributed by atoms with Gasteiger partial charge in [-0.3, -0.25) is 0 Å². The van der Waals surface area contributed by atoms with Gasteiger partial charge in [-0.1, -0.05) is 29.3 Å². The molecule has 0 aliphatic carbocycles. The lowest BCUT2D eigenvalue weighted by molar-refractivity contribution is 0.415. The van der Waals surface area contributed by atoms with E-state index in [0.717, 1.165) is 17.0 Å². The molecule has 0 aliphatic heterocycles. The molecule has 0 aliphatic rings. The fourth-order valence-electron chi connectivity index (χ4n) is 1.56. The molecule has 2 rings (SSSR count). The fraction of sp³-hybridized carbons (Fsp3) is 0.143. The lowest BCUT2D eigenvalue weighted by Gasteiger charge is -2.08. The highest BCUT2D eigenvalue weighted by molar-refractivity contribution is 6.42. The number of ether oxygens (including phenoxy) is 1. The molecule has 4 heteroatoms. The van der Waals surface area contributed by atoms with Crippen LogP contribution in [-0.4, -0.2) is 7.11 Å². The van der Waals surface area contributed by atoms with E-state index < -0.39 is 0 Å². The molecule has 0 spiro atoms. The minimum absolute atomic E-state index is 0.574. The molecule has 2 aromatic rings. The maximum Gasteiger partial charge on any atom is 0.119 e. The van der Waals surface area contributed by atoms with E-state index in [1.807, 2.05) is 36.4 Å². The molecule has 0 amide bonds. The quantitative estimate of drug-likeness (QED) is 0.883.